The summed E-state index contributed by atoms with van der Waals surface area (Å²) >= 11 is 3.51. The number of alkyl halides is 1. The van der Waals surface area contributed by atoms with Crippen LogP contribution >= 0.6 is 15.9 Å². The molecule has 0 aliphatic heterocycles. The van der Waals surface area contributed by atoms with Gasteiger partial charge in [-0.1, -0.05) is 56.5 Å². The number of halogens is 1. The van der Waals surface area contributed by atoms with Crippen molar-refractivity contribution >= 4 is 15.9 Å². The fourth-order valence-electron chi connectivity index (χ4n) is 1.18. The third-order valence-corrected chi connectivity index (χ3v) is 3.88. The smallest absolute Gasteiger partial charge is 0.00570 e. The molecule has 0 aliphatic rings. The molecule has 0 aromatic rings. The minimum atomic E-state index is 0.562. The molecular formula is C11H23Br. The first-order valence-electron chi connectivity index (χ1n) is 5.08. The van der Waals surface area contributed by atoms with Crippen molar-refractivity contribution in [3.63, 3.8) is 0 Å². The maximum atomic E-state index is 3.51. The molecule has 0 rings (SSSR count). The Morgan fingerprint density at radius 1 is 1.33 bits per heavy atom. The summed E-state index contributed by atoms with van der Waals surface area (Å²) in [6.45, 7) is 9.33. The highest BCUT2D eigenvalue weighted by Crippen LogP contribution is 2.27. The van der Waals surface area contributed by atoms with Gasteiger partial charge in [0.1, 0.15) is 0 Å². The minimum Gasteiger partial charge on any atom is -0.0925 e. The molecule has 0 aromatic carbocycles. The molecule has 0 bridgehead atoms. The Kier molecular flexibility index (Phi) is 6.25. The van der Waals surface area contributed by atoms with Crippen LogP contribution in [0.15, 0.2) is 0 Å². The quantitative estimate of drug-likeness (QED) is 0.589. The molecule has 74 valence electrons. The molecule has 0 spiro atoms. The Morgan fingerprint density at radius 3 is 2.33 bits per heavy atom. The zero-order chi connectivity index (χ0) is 9.61. The van der Waals surface area contributed by atoms with Crippen molar-refractivity contribution in [3.05, 3.63) is 0 Å². The van der Waals surface area contributed by atoms with Gasteiger partial charge in [0.25, 0.3) is 0 Å². The van der Waals surface area contributed by atoms with Crippen LogP contribution in [0.25, 0.3) is 0 Å². The topological polar surface area (TPSA) is 0 Å². The third kappa shape index (κ3) is 6.05. The van der Waals surface area contributed by atoms with E-state index in [4.69, 9.17) is 0 Å². The summed E-state index contributed by atoms with van der Waals surface area (Å²) in [4.78, 5) is 0. The van der Waals surface area contributed by atoms with Crippen molar-refractivity contribution < 1.29 is 0 Å². The lowest BCUT2D eigenvalue weighted by Crippen LogP contribution is -2.10. The standard InChI is InChI=1S/C11H23Br/c1-5-11(3,4)8-6-7-10(2)9-12/h10H,5-9H2,1-4H3. The highest BCUT2D eigenvalue weighted by Gasteiger charge is 2.14. The van der Waals surface area contributed by atoms with E-state index in [1.165, 1.54) is 25.7 Å². The van der Waals surface area contributed by atoms with E-state index >= 15 is 0 Å². The molecule has 0 nitrogen and oxygen atoms in total. The first kappa shape index (κ1) is 12.5. The Balaban J connectivity index is 3.42. The Labute approximate surface area is 86.3 Å². The van der Waals surface area contributed by atoms with Crippen LogP contribution in [0.4, 0.5) is 0 Å². The van der Waals surface area contributed by atoms with Gasteiger partial charge in [0.05, 0.1) is 0 Å². The second-order valence-corrected chi connectivity index (χ2v) is 5.32. The lowest BCUT2D eigenvalue weighted by atomic mass is 9.84. The summed E-state index contributed by atoms with van der Waals surface area (Å²) in [5.41, 5.74) is 0.562. The molecule has 0 aromatic heterocycles. The second kappa shape index (κ2) is 6.01. The molecular weight excluding hydrogens is 212 g/mol. The van der Waals surface area contributed by atoms with E-state index < -0.39 is 0 Å². The van der Waals surface area contributed by atoms with E-state index in [9.17, 15) is 0 Å². The predicted octanol–water partition coefficient (Wildman–Crippen LogP) is 4.62. The van der Waals surface area contributed by atoms with Crippen LogP contribution in [0.1, 0.15) is 53.4 Å². The lowest BCUT2D eigenvalue weighted by molar-refractivity contribution is 0.302. The Bertz CT molecular complexity index is 108. The lowest BCUT2D eigenvalue weighted by Gasteiger charge is -2.22. The van der Waals surface area contributed by atoms with Crippen LogP contribution in [0.2, 0.25) is 0 Å². The van der Waals surface area contributed by atoms with Crippen molar-refractivity contribution in [2.75, 3.05) is 5.33 Å². The van der Waals surface area contributed by atoms with E-state index in [1.807, 2.05) is 0 Å². The summed E-state index contributed by atoms with van der Waals surface area (Å²) < 4.78 is 0. The van der Waals surface area contributed by atoms with E-state index in [0.29, 0.717) is 5.41 Å². The molecule has 0 radical (unpaired) electrons. The molecule has 1 heteroatoms. The SMILES string of the molecule is CCC(C)(C)CCCC(C)CBr. The first-order valence-corrected chi connectivity index (χ1v) is 6.20. The summed E-state index contributed by atoms with van der Waals surface area (Å²) in [6, 6.07) is 0. The molecule has 0 heterocycles. The molecule has 0 saturated heterocycles. The van der Waals surface area contributed by atoms with Gasteiger partial charge in [-0.15, -0.1) is 0 Å². The zero-order valence-electron chi connectivity index (χ0n) is 8.99. The molecule has 1 unspecified atom stereocenters. The molecule has 1 atom stereocenters. The fourth-order valence-corrected chi connectivity index (χ4v) is 1.51. The highest BCUT2D eigenvalue weighted by molar-refractivity contribution is 9.09. The summed E-state index contributed by atoms with van der Waals surface area (Å²) in [5, 5.41) is 1.15. The largest absolute Gasteiger partial charge is 0.0925 e. The van der Waals surface area contributed by atoms with Crippen LogP contribution in [-0.2, 0) is 0 Å². The maximum absolute atomic E-state index is 3.51. The van der Waals surface area contributed by atoms with Gasteiger partial charge in [-0.2, -0.15) is 0 Å². The van der Waals surface area contributed by atoms with E-state index in [-0.39, 0.29) is 0 Å². The fraction of sp³-hybridized carbons (Fsp3) is 1.00. The number of hydrogen-bond donors (Lipinski definition) is 0. The van der Waals surface area contributed by atoms with Gasteiger partial charge >= 0.3 is 0 Å². The summed E-state index contributed by atoms with van der Waals surface area (Å²) in [6.07, 6.45) is 5.43. The van der Waals surface area contributed by atoms with Crippen molar-refractivity contribution in [3.8, 4) is 0 Å². The van der Waals surface area contributed by atoms with Crippen LogP contribution in [-0.4, -0.2) is 5.33 Å². The Morgan fingerprint density at radius 2 is 1.92 bits per heavy atom. The van der Waals surface area contributed by atoms with Gasteiger partial charge in [-0.05, 0) is 24.2 Å². The molecule has 0 amide bonds. The average Bonchev–Trinajstić information content (AvgIpc) is 2.04. The van der Waals surface area contributed by atoms with Crippen molar-refractivity contribution in [2.45, 2.75) is 53.4 Å². The minimum absolute atomic E-state index is 0.562. The molecule has 0 saturated carbocycles. The molecule has 12 heavy (non-hydrogen) atoms. The average molecular weight is 235 g/mol. The molecule has 0 aliphatic carbocycles. The van der Waals surface area contributed by atoms with Crippen molar-refractivity contribution in [1.82, 2.24) is 0 Å². The van der Waals surface area contributed by atoms with Gasteiger partial charge in [-0.25, -0.2) is 0 Å². The highest BCUT2D eigenvalue weighted by atomic mass is 79.9. The van der Waals surface area contributed by atoms with Crippen LogP contribution < -0.4 is 0 Å². The van der Waals surface area contributed by atoms with E-state index in [1.54, 1.807) is 0 Å². The first-order chi connectivity index (χ1) is 5.52. The van der Waals surface area contributed by atoms with Gasteiger partial charge in [0.2, 0.25) is 0 Å². The van der Waals surface area contributed by atoms with E-state index in [2.05, 4.69) is 43.6 Å². The number of hydrogen-bond acceptors (Lipinski definition) is 0. The van der Waals surface area contributed by atoms with Crippen molar-refractivity contribution in [1.29, 1.82) is 0 Å². The zero-order valence-corrected chi connectivity index (χ0v) is 10.6. The normalized spacial score (nSPS) is 14.8. The van der Waals surface area contributed by atoms with Gasteiger partial charge < -0.3 is 0 Å². The Hall–Kier alpha value is 0.480. The maximum Gasteiger partial charge on any atom is 0.00570 e. The monoisotopic (exact) mass is 234 g/mol. The van der Waals surface area contributed by atoms with Crippen molar-refractivity contribution in [2.24, 2.45) is 11.3 Å². The van der Waals surface area contributed by atoms with Gasteiger partial charge in [0.15, 0.2) is 0 Å². The summed E-state index contributed by atoms with van der Waals surface area (Å²) in [7, 11) is 0. The summed E-state index contributed by atoms with van der Waals surface area (Å²) in [5.74, 6) is 0.845. The van der Waals surface area contributed by atoms with E-state index in [0.717, 1.165) is 11.2 Å². The number of rotatable bonds is 6. The predicted molar refractivity (Wildman–Crippen MR) is 60.9 cm³/mol. The van der Waals surface area contributed by atoms with Gasteiger partial charge in [0, 0.05) is 5.33 Å². The molecule has 0 fully saturated rings. The molecule has 0 N–H and O–H groups in total. The van der Waals surface area contributed by atoms with Crippen LogP contribution in [0.5, 0.6) is 0 Å². The van der Waals surface area contributed by atoms with Crippen LogP contribution in [0, 0.1) is 11.3 Å². The van der Waals surface area contributed by atoms with Gasteiger partial charge in [-0.3, -0.25) is 0 Å². The third-order valence-electron chi connectivity index (χ3n) is 2.77. The van der Waals surface area contributed by atoms with Crippen LogP contribution in [0.3, 0.4) is 0 Å². The second-order valence-electron chi connectivity index (χ2n) is 4.67.